The molecule has 0 spiro atoms. The van der Waals surface area contributed by atoms with Crippen LogP contribution < -0.4 is 5.73 Å². The summed E-state index contributed by atoms with van der Waals surface area (Å²) in [5, 5.41) is 0. The van der Waals surface area contributed by atoms with E-state index in [-0.39, 0.29) is 17.5 Å². The number of hydrogen-bond donors (Lipinski definition) is 1. The average molecular weight is 279 g/mol. The molecule has 4 unspecified atom stereocenters. The van der Waals surface area contributed by atoms with Gasteiger partial charge in [0.25, 0.3) is 0 Å². The highest BCUT2D eigenvalue weighted by Crippen LogP contribution is 2.48. The van der Waals surface area contributed by atoms with Gasteiger partial charge in [0.05, 0.1) is 5.92 Å². The quantitative estimate of drug-likeness (QED) is 0.787. The van der Waals surface area contributed by atoms with E-state index < -0.39 is 0 Å². The molecular weight excluding hydrogens is 250 g/mol. The second-order valence-corrected chi connectivity index (χ2v) is 7.92. The average Bonchev–Trinajstić information content (AvgIpc) is 2.98. The van der Waals surface area contributed by atoms with Gasteiger partial charge in [-0.15, -0.1) is 0 Å². The van der Waals surface area contributed by atoms with E-state index in [9.17, 15) is 4.79 Å². The zero-order valence-electron chi connectivity index (χ0n) is 13.1. The van der Waals surface area contributed by atoms with Gasteiger partial charge >= 0.3 is 0 Å². The van der Waals surface area contributed by atoms with E-state index in [0.29, 0.717) is 17.7 Å². The van der Waals surface area contributed by atoms with Crippen LogP contribution in [-0.2, 0) is 4.79 Å². The van der Waals surface area contributed by atoms with Gasteiger partial charge in [-0.05, 0) is 51.9 Å². The predicted molar refractivity (Wildman–Crippen MR) is 80.2 cm³/mol. The van der Waals surface area contributed by atoms with Crippen LogP contribution in [0.5, 0.6) is 0 Å². The molecule has 2 bridgehead atoms. The molecule has 4 nitrogen and oxygen atoms in total. The summed E-state index contributed by atoms with van der Waals surface area (Å²) >= 11 is 0. The Hall–Kier alpha value is -0.610. The Morgan fingerprint density at radius 2 is 1.65 bits per heavy atom. The Morgan fingerprint density at radius 1 is 1.05 bits per heavy atom. The predicted octanol–water partition coefficient (Wildman–Crippen LogP) is 1.30. The van der Waals surface area contributed by atoms with Crippen molar-refractivity contribution in [1.29, 1.82) is 0 Å². The number of hydrogen-bond acceptors (Lipinski definition) is 3. The maximum atomic E-state index is 12.8. The van der Waals surface area contributed by atoms with Gasteiger partial charge in [-0.2, -0.15) is 0 Å². The molecule has 3 aliphatic rings. The van der Waals surface area contributed by atoms with Crippen LogP contribution in [0.3, 0.4) is 0 Å². The fourth-order valence-corrected chi connectivity index (χ4v) is 4.51. The summed E-state index contributed by atoms with van der Waals surface area (Å²) in [4.78, 5) is 17.3. The molecule has 20 heavy (non-hydrogen) atoms. The van der Waals surface area contributed by atoms with Crippen LogP contribution in [-0.4, -0.2) is 53.5 Å². The number of piperazine rings is 1. The molecule has 1 heterocycles. The first-order valence-electron chi connectivity index (χ1n) is 8.17. The van der Waals surface area contributed by atoms with E-state index in [1.165, 1.54) is 19.3 Å². The number of nitrogens with two attached hydrogens (primary N) is 1. The zero-order valence-corrected chi connectivity index (χ0v) is 13.1. The van der Waals surface area contributed by atoms with E-state index in [4.69, 9.17) is 5.73 Å². The maximum Gasteiger partial charge on any atom is 0.227 e. The molecule has 1 amide bonds. The fourth-order valence-electron chi connectivity index (χ4n) is 4.51. The number of carbonyl (C=O) groups excluding carboxylic acids is 1. The third-order valence-electron chi connectivity index (χ3n) is 5.81. The summed E-state index contributed by atoms with van der Waals surface area (Å²) in [7, 11) is 0. The SMILES string of the molecule is CC(C)(C)N1CCN(C(=O)C2C3CCC(C3)C2N)CC1. The summed E-state index contributed by atoms with van der Waals surface area (Å²) in [5.74, 6) is 1.65. The molecule has 1 saturated heterocycles. The number of rotatable bonds is 1. The molecule has 2 aliphatic carbocycles. The van der Waals surface area contributed by atoms with E-state index in [1.54, 1.807) is 0 Å². The first-order chi connectivity index (χ1) is 9.38. The lowest BCUT2D eigenvalue weighted by molar-refractivity contribution is -0.140. The van der Waals surface area contributed by atoms with Crippen molar-refractivity contribution in [2.75, 3.05) is 26.2 Å². The van der Waals surface area contributed by atoms with Crippen molar-refractivity contribution >= 4 is 5.91 Å². The van der Waals surface area contributed by atoms with Gasteiger partial charge in [0.1, 0.15) is 0 Å². The molecule has 0 aromatic heterocycles. The van der Waals surface area contributed by atoms with Crippen molar-refractivity contribution in [1.82, 2.24) is 9.80 Å². The van der Waals surface area contributed by atoms with Crippen LogP contribution in [0, 0.1) is 17.8 Å². The molecule has 0 aromatic rings. The lowest BCUT2D eigenvalue weighted by Gasteiger charge is -2.43. The van der Waals surface area contributed by atoms with Crippen molar-refractivity contribution in [3.8, 4) is 0 Å². The third kappa shape index (κ3) is 2.37. The van der Waals surface area contributed by atoms with Gasteiger partial charge in [-0.3, -0.25) is 9.69 Å². The van der Waals surface area contributed by atoms with E-state index in [2.05, 4.69) is 30.6 Å². The van der Waals surface area contributed by atoms with Crippen LogP contribution >= 0.6 is 0 Å². The number of carbonyl (C=O) groups is 1. The second-order valence-electron chi connectivity index (χ2n) is 7.92. The minimum Gasteiger partial charge on any atom is -0.340 e. The minimum absolute atomic E-state index is 0.120. The largest absolute Gasteiger partial charge is 0.340 e. The molecule has 3 fully saturated rings. The molecule has 3 rings (SSSR count). The number of amides is 1. The molecule has 0 aromatic carbocycles. The van der Waals surface area contributed by atoms with Crippen molar-refractivity contribution < 1.29 is 4.79 Å². The van der Waals surface area contributed by atoms with Crippen LogP contribution in [0.25, 0.3) is 0 Å². The molecular formula is C16H29N3O. The van der Waals surface area contributed by atoms with Gasteiger partial charge < -0.3 is 10.6 Å². The van der Waals surface area contributed by atoms with E-state index in [0.717, 1.165) is 26.2 Å². The van der Waals surface area contributed by atoms with E-state index >= 15 is 0 Å². The van der Waals surface area contributed by atoms with Crippen molar-refractivity contribution in [3.63, 3.8) is 0 Å². The van der Waals surface area contributed by atoms with Gasteiger partial charge in [-0.25, -0.2) is 0 Å². The molecule has 2 saturated carbocycles. The Kier molecular flexibility index (Phi) is 3.57. The summed E-state index contributed by atoms with van der Waals surface area (Å²) < 4.78 is 0. The lowest BCUT2D eigenvalue weighted by Crippen LogP contribution is -2.57. The number of nitrogens with zero attached hydrogens (tertiary/aromatic N) is 2. The standard InChI is InChI=1S/C16H29N3O/c1-16(2,3)19-8-6-18(7-9-19)15(20)13-11-4-5-12(10-11)14(13)17/h11-14H,4-10,17H2,1-3H3. The van der Waals surface area contributed by atoms with Crippen LogP contribution in [0.1, 0.15) is 40.0 Å². The van der Waals surface area contributed by atoms with Gasteiger partial charge in [0.15, 0.2) is 0 Å². The van der Waals surface area contributed by atoms with Crippen molar-refractivity contribution in [2.24, 2.45) is 23.5 Å². The molecule has 2 N–H and O–H groups in total. The normalized spacial score (nSPS) is 38.5. The first-order valence-corrected chi connectivity index (χ1v) is 8.17. The summed E-state index contributed by atoms with van der Waals surface area (Å²) in [6.45, 7) is 10.5. The smallest absolute Gasteiger partial charge is 0.227 e. The second kappa shape index (κ2) is 4.99. The Morgan fingerprint density at radius 3 is 2.15 bits per heavy atom. The molecule has 4 atom stereocenters. The summed E-state index contributed by atoms with van der Waals surface area (Å²) in [6.07, 6.45) is 3.66. The summed E-state index contributed by atoms with van der Waals surface area (Å²) in [5.41, 5.74) is 6.52. The van der Waals surface area contributed by atoms with Crippen molar-refractivity contribution in [2.45, 2.75) is 51.6 Å². The van der Waals surface area contributed by atoms with Crippen LogP contribution in [0.4, 0.5) is 0 Å². The Bertz CT molecular complexity index is 380. The zero-order chi connectivity index (χ0) is 14.5. The number of fused-ring (bicyclic) bond motifs is 2. The highest BCUT2D eigenvalue weighted by Gasteiger charge is 2.50. The highest BCUT2D eigenvalue weighted by atomic mass is 16.2. The Labute approximate surface area is 122 Å². The van der Waals surface area contributed by atoms with Crippen LogP contribution in [0.15, 0.2) is 0 Å². The van der Waals surface area contributed by atoms with Gasteiger partial charge in [0, 0.05) is 37.8 Å². The molecule has 0 radical (unpaired) electrons. The molecule has 4 heteroatoms. The van der Waals surface area contributed by atoms with E-state index in [1.807, 2.05) is 0 Å². The lowest BCUT2D eigenvalue weighted by atomic mass is 9.84. The van der Waals surface area contributed by atoms with Gasteiger partial charge in [-0.1, -0.05) is 0 Å². The fraction of sp³-hybridized carbons (Fsp3) is 0.938. The molecule has 1 aliphatic heterocycles. The van der Waals surface area contributed by atoms with Crippen LogP contribution in [0.2, 0.25) is 0 Å². The first kappa shape index (κ1) is 14.3. The summed E-state index contributed by atoms with van der Waals surface area (Å²) in [6, 6.07) is 0.127. The minimum atomic E-state index is 0.120. The monoisotopic (exact) mass is 279 g/mol. The maximum absolute atomic E-state index is 12.8. The molecule has 114 valence electrons. The Balaban J connectivity index is 1.60. The highest BCUT2D eigenvalue weighted by molar-refractivity contribution is 5.80. The van der Waals surface area contributed by atoms with Gasteiger partial charge in [0.2, 0.25) is 5.91 Å². The van der Waals surface area contributed by atoms with Crippen molar-refractivity contribution in [3.05, 3.63) is 0 Å². The third-order valence-corrected chi connectivity index (χ3v) is 5.81. The topological polar surface area (TPSA) is 49.6 Å².